The molecule has 6 nitrogen and oxygen atoms in total. The molecule has 0 aliphatic rings. The summed E-state index contributed by atoms with van der Waals surface area (Å²) in [5.74, 6) is 0. The second kappa shape index (κ2) is 5.02. The van der Waals surface area contributed by atoms with Crippen molar-refractivity contribution in [3.05, 3.63) is 55.1 Å². The molecule has 0 spiro atoms. The monoisotopic (exact) mass is 300 g/mol. The first-order valence-electron chi connectivity index (χ1n) is 6.12. The molecule has 0 bridgehead atoms. The topological polar surface area (TPSA) is 98.0 Å². The molecule has 21 heavy (non-hydrogen) atoms. The van der Waals surface area contributed by atoms with Crippen LogP contribution in [0.2, 0.25) is 0 Å². The fourth-order valence-corrected chi connectivity index (χ4v) is 3.33. The third-order valence-electron chi connectivity index (χ3n) is 2.97. The quantitative estimate of drug-likeness (QED) is 0.721. The number of fused-ring (bicyclic) bond motifs is 1. The maximum atomic E-state index is 12.5. The maximum Gasteiger partial charge on any atom is 0.262 e. The molecule has 0 saturated heterocycles. The van der Waals surface area contributed by atoms with E-state index in [-0.39, 0.29) is 4.90 Å². The van der Waals surface area contributed by atoms with E-state index in [2.05, 4.69) is 14.7 Å². The highest BCUT2D eigenvalue weighted by Crippen LogP contribution is 2.26. The van der Waals surface area contributed by atoms with Crippen LogP contribution in [0.15, 0.2) is 60.0 Å². The molecule has 1 heterocycles. The SMILES string of the molecule is Nc1ccc2c(S(=O)(=O)Nc3cncnc3)cccc2c1. The van der Waals surface area contributed by atoms with Gasteiger partial charge in [-0.3, -0.25) is 4.72 Å². The summed E-state index contributed by atoms with van der Waals surface area (Å²) in [5, 5.41) is 1.37. The standard InChI is InChI=1S/C14H12N4O2S/c15-11-4-5-13-10(6-11)2-1-3-14(13)21(19,20)18-12-7-16-9-17-8-12/h1-9,18H,15H2. The lowest BCUT2D eigenvalue weighted by atomic mass is 10.1. The van der Waals surface area contributed by atoms with E-state index in [4.69, 9.17) is 5.73 Å². The average Bonchev–Trinajstić information content (AvgIpc) is 2.47. The molecule has 3 aromatic rings. The van der Waals surface area contributed by atoms with E-state index in [1.807, 2.05) is 6.07 Å². The summed E-state index contributed by atoms with van der Waals surface area (Å²) in [6.45, 7) is 0. The van der Waals surface area contributed by atoms with E-state index in [0.717, 1.165) is 5.39 Å². The van der Waals surface area contributed by atoms with Crippen LogP contribution in [0.3, 0.4) is 0 Å². The number of anilines is 2. The molecule has 0 amide bonds. The van der Waals surface area contributed by atoms with Crippen LogP contribution in [0.4, 0.5) is 11.4 Å². The first-order chi connectivity index (χ1) is 10.1. The molecule has 0 fully saturated rings. The van der Waals surface area contributed by atoms with Crippen LogP contribution >= 0.6 is 0 Å². The van der Waals surface area contributed by atoms with Gasteiger partial charge in [-0.1, -0.05) is 18.2 Å². The molecule has 0 radical (unpaired) electrons. The molecule has 7 heteroatoms. The van der Waals surface area contributed by atoms with Gasteiger partial charge in [-0.25, -0.2) is 18.4 Å². The van der Waals surface area contributed by atoms with Gasteiger partial charge in [-0.15, -0.1) is 0 Å². The number of benzene rings is 2. The average molecular weight is 300 g/mol. The Balaban J connectivity index is 2.11. The van der Waals surface area contributed by atoms with Crippen LogP contribution in [0.1, 0.15) is 0 Å². The number of nitrogen functional groups attached to an aromatic ring is 1. The van der Waals surface area contributed by atoms with E-state index in [1.54, 1.807) is 30.3 Å². The molecule has 1 aromatic heterocycles. The summed E-state index contributed by atoms with van der Waals surface area (Å²) < 4.78 is 27.5. The number of nitrogens with two attached hydrogens (primary N) is 1. The van der Waals surface area contributed by atoms with E-state index in [1.165, 1.54) is 18.7 Å². The zero-order valence-corrected chi connectivity index (χ0v) is 11.7. The molecule has 0 saturated carbocycles. The first-order valence-corrected chi connectivity index (χ1v) is 7.61. The molecule has 3 rings (SSSR count). The summed E-state index contributed by atoms with van der Waals surface area (Å²) in [6.07, 6.45) is 4.12. The van der Waals surface area contributed by atoms with Gasteiger partial charge in [0.15, 0.2) is 0 Å². The Morgan fingerprint density at radius 3 is 2.57 bits per heavy atom. The van der Waals surface area contributed by atoms with Crippen LogP contribution in [-0.4, -0.2) is 18.4 Å². The summed E-state index contributed by atoms with van der Waals surface area (Å²) in [6, 6.07) is 10.1. The molecule has 0 atom stereocenters. The third kappa shape index (κ3) is 2.63. The van der Waals surface area contributed by atoms with Crippen LogP contribution < -0.4 is 10.5 Å². The second-order valence-electron chi connectivity index (χ2n) is 4.47. The van der Waals surface area contributed by atoms with Gasteiger partial charge in [-0.2, -0.15) is 0 Å². The van der Waals surface area contributed by atoms with Gasteiger partial charge in [0.25, 0.3) is 10.0 Å². The highest BCUT2D eigenvalue weighted by Gasteiger charge is 2.17. The van der Waals surface area contributed by atoms with Gasteiger partial charge in [0.2, 0.25) is 0 Å². The van der Waals surface area contributed by atoms with Gasteiger partial charge in [-0.05, 0) is 23.6 Å². The summed E-state index contributed by atoms with van der Waals surface area (Å²) in [5.41, 5.74) is 6.62. The minimum absolute atomic E-state index is 0.184. The molecular weight excluding hydrogens is 288 g/mol. The van der Waals surface area contributed by atoms with Crippen molar-refractivity contribution < 1.29 is 8.42 Å². The second-order valence-corrected chi connectivity index (χ2v) is 6.12. The normalized spacial score (nSPS) is 11.4. The van der Waals surface area contributed by atoms with Crippen molar-refractivity contribution in [3.63, 3.8) is 0 Å². The molecule has 0 aliphatic carbocycles. The zero-order chi connectivity index (χ0) is 14.9. The van der Waals surface area contributed by atoms with Gasteiger partial charge >= 0.3 is 0 Å². The van der Waals surface area contributed by atoms with E-state index in [9.17, 15) is 8.42 Å². The lowest BCUT2D eigenvalue weighted by molar-refractivity contribution is 0.602. The van der Waals surface area contributed by atoms with Gasteiger partial charge in [0, 0.05) is 11.1 Å². The summed E-state index contributed by atoms with van der Waals surface area (Å²) >= 11 is 0. The zero-order valence-electron chi connectivity index (χ0n) is 10.9. The Morgan fingerprint density at radius 1 is 1.05 bits per heavy atom. The Bertz CT molecular complexity index is 895. The van der Waals surface area contributed by atoms with Crippen molar-refractivity contribution in [1.29, 1.82) is 0 Å². The number of hydrogen-bond donors (Lipinski definition) is 2. The predicted octanol–water partition coefficient (Wildman–Crippen LogP) is 2.01. The maximum absolute atomic E-state index is 12.5. The van der Waals surface area contributed by atoms with Crippen LogP contribution in [0.5, 0.6) is 0 Å². The molecule has 106 valence electrons. The van der Waals surface area contributed by atoms with Crippen LogP contribution in [0.25, 0.3) is 10.8 Å². The lowest BCUT2D eigenvalue weighted by Crippen LogP contribution is -2.13. The highest BCUT2D eigenvalue weighted by atomic mass is 32.2. The van der Waals surface area contributed by atoms with E-state index < -0.39 is 10.0 Å². The van der Waals surface area contributed by atoms with Crippen molar-refractivity contribution in [1.82, 2.24) is 9.97 Å². The molecular formula is C14H12N4O2S. The Labute approximate surface area is 121 Å². The van der Waals surface area contributed by atoms with E-state index in [0.29, 0.717) is 16.8 Å². The summed E-state index contributed by atoms with van der Waals surface area (Å²) in [4.78, 5) is 7.75. The number of aromatic nitrogens is 2. The lowest BCUT2D eigenvalue weighted by Gasteiger charge is -2.10. The molecule has 3 N–H and O–H groups in total. The van der Waals surface area contributed by atoms with Crippen LogP contribution in [0, 0.1) is 0 Å². The van der Waals surface area contributed by atoms with Gasteiger partial charge in [0.1, 0.15) is 6.33 Å². The fraction of sp³-hybridized carbons (Fsp3) is 0. The first kappa shape index (κ1) is 13.3. The van der Waals surface area contributed by atoms with Crippen molar-refractivity contribution in [3.8, 4) is 0 Å². The smallest absolute Gasteiger partial charge is 0.262 e. The number of sulfonamides is 1. The highest BCUT2D eigenvalue weighted by molar-refractivity contribution is 7.93. The number of hydrogen-bond acceptors (Lipinski definition) is 5. The number of nitrogens with zero attached hydrogens (tertiary/aromatic N) is 2. The molecule has 0 unspecified atom stereocenters. The Kier molecular flexibility index (Phi) is 3.19. The largest absolute Gasteiger partial charge is 0.399 e. The van der Waals surface area contributed by atoms with Crippen molar-refractivity contribution in [2.45, 2.75) is 4.90 Å². The van der Waals surface area contributed by atoms with E-state index >= 15 is 0 Å². The third-order valence-corrected chi connectivity index (χ3v) is 4.41. The molecule has 0 aliphatic heterocycles. The van der Waals surface area contributed by atoms with Crippen molar-refractivity contribution in [2.75, 3.05) is 10.5 Å². The minimum Gasteiger partial charge on any atom is -0.399 e. The Morgan fingerprint density at radius 2 is 1.81 bits per heavy atom. The van der Waals surface area contributed by atoms with Crippen LogP contribution in [-0.2, 0) is 10.0 Å². The molecule has 2 aromatic carbocycles. The number of nitrogens with one attached hydrogen (secondary N) is 1. The van der Waals surface area contributed by atoms with Crippen molar-refractivity contribution >= 4 is 32.2 Å². The fourth-order valence-electron chi connectivity index (χ4n) is 2.07. The minimum atomic E-state index is -3.72. The Hall–Kier alpha value is -2.67. The predicted molar refractivity (Wildman–Crippen MR) is 81.2 cm³/mol. The van der Waals surface area contributed by atoms with Crippen molar-refractivity contribution in [2.24, 2.45) is 0 Å². The van der Waals surface area contributed by atoms with Gasteiger partial charge in [0.05, 0.1) is 23.0 Å². The van der Waals surface area contributed by atoms with Gasteiger partial charge < -0.3 is 5.73 Å². The summed E-state index contributed by atoms with van der Waals surface area (Å²) in [7, 11) is -3.72. The number of rotatable bonds is 3.